The second-order valence-corrected chi connectivity index (χ2v) is 7.59. The van der Waals surface area contributed by atoms with Gasteiger partial charge in [-0.1, -0.05) is 54.6 Å². The molecule has 0 aliphatic carbocycles. The molecule has 0 radical (unpaired) electrons. The average molecular weight is 354 g/mol. The normalized spacial score (nSPS) is 16.4. The van der Waals surface area contributed by atoms with Crippen LogP contribution in [-0.2, 0) is 6.42 Å². The highest BCUT2D eigenvalue weighted by Gasteiger charge is 2.28. The van der Waals surface area contributed by atoms with Crippen LogP contribution in [0.5, 0.6) is 0 Å². The zero-order valence-electron chi connectivity index (χ0n) is 15.6. The van der Waals surface area contributed by atoms with Crippen molar-refractivity contribution in [1.82, 2.24) is 10.3 Å². The van der Waals surface area contributed by atoms with Crippen molar-refractivity contribution in [2.45, 2.75) is 25.8 Å². The zero-order chi connectivity index (χ0) is 18.9. The quantitative estimate of drug-likeness (QED) is 0.537. The fraction of sp³-hybridized carbons (Fsp3) is 0.167. The molecule has 0 saturated heterocycles. The minimum absolute atomic E-state index is 0.0121. The van der Waals surface area contributed by atoms with Gasteiger partial charge >= 0.3 is 0 Å². The molecule has 0 atom stereocenters. The van der Waals surface area contributed by atoms with Gasteiger partial charge in [0.25, 0.3) is 0 Å². The summed E-state index contributed by atoms with van der Waals surface area (Å²) >= 11 is 0. The Hall–Kier alpha value is -3.20. The molecule has 2 aromatic carbocycles. The lowest BCUT2D eigenvalue weighted by molar-refractivity contribution is 0.104. The van der Waals surface area contributed by atoms with Gasteiger partial charge in [0.15, 0.2) is 5.78 Å². The molecule has 0 saturated carbocycles. The summed E-state index contributed by atoms with van der Waals surface area (Å²) in [6, 6.07) is 19.8. The number of allylic oxidation sites excluding steroid dienone is 1. The standard InChI is InChI=1S/C24H22N2O/c1-24(2)15-20-13-18(19-9-6-12-25-16-19)10-11-21(20)22(26-24)14-23(27)17-7-4-3-5-8-17/h3-14,16,26H,15H2,1-2H3/b22-14-. The lowest BCUT2D eigenvalue weighted by atomic mass is 9.84. The maximum absolute atomic E-state index is 12.7. The lowest BCUT2D eigenvalue weighted by Gasteiger charge is -2.36. The van der Waals surface area contributed by atoms with Gasteiger partial charge in [-0.3, -0.25) is 9.78 Å². The fourth-order valence-electron chi connectivity index (χ4n) is 3.60. The summed E-state index contributed by atoms with van der Waals surface area (Å²) in [6.45, 7) is 4.32. The topological polar surface area (TPSA) is 42.0 Å². The number of pyridine rings is 1. The maximum Gasteiger partial charge on any atom is 0.187 e. The second-order valence-electron chi connectivity index (χ2n) is 7.59. The number of nitrogens with zero attached hydrogens (tertiary/aromatic N) is 1. The fourth-order valence-corrected chi connectivity index (χ4v) is 3.60. The van der Waals surface area contributed by atoms with Crippen LogP contribution in [0.3, 0.4) is 0 Å². The van der Waals surface area contributed by atoms with Crippen LogP contribution < -0.4 is 5.32 Å². The van der Waals surface area contributed by atoms with E-state index in [0.717, 1.165) is 28.8 Å². The Kier molecular flexibility index (Phi) is 4.36. The Morgan fingerprint density at radius 1 is 1.04 bits per heavy atom. The average Bonchev–Trinajstić information content (AvgIpc) is 2.68. The molecule has 0 bridgehead atoms. The van der Waals surface area contributed by atoms with Crippen LogP contribution in [0.2, 0.25) is 0 Å². The molecule has 0 unspecified atom stereocenters. The minimum atomic E-state index is -0.122. The number of hydrogen-bond donors (Lipinski definition) is 1. The molecule has 1 aliphatic rings. The lowest BCUT2D eigenvalue weighted by Crippen LogP contribution is -2.43. The number of carbonyl (C=O) groups excluding carboxylic acids is 1. The first-order valence-corrected chi connectivity index (χ1v) is 9.15. The highest BCUT2D eigenvalue weighted by atomic mass is 16.1. The second kappa shape index (κ2) is 6.84. The molecule has 0 spiro atoms. The largest absolute Gasteiger partial charge is 0.379 e. The van der Waals surface area contributed by atoms with E-state index in [1.165, 1.54) is 5.56 Å². The van der Waals surface area contributed by atoms with Crippen molar-refractivity contribution in [2.75, 3.05) is 0 Å². The molecule has 2 heterocycles. The molecule has 1 aliphatic heterocycles. The van der Waals surface area contributed by atoms with Crippen LogP contribution in [-0.4, -0.2) is 16.3 Å². The van der Waals surface area contributed by atoms with Crippen LogP contribution in [0.1, 0.15) is 35.3 Å². The van der Waals surface area contributed by atoms with Crippen molar-refractivity contribution in [3.63, 3.8) is 0 Å². The highest BCUT2D eigenvalue weighted by molar-refractivity contribution is 6.08. The van der Waals surface area contributed by atoms with Crippen LogP contribution in [0.15, 0.2) is 79.1 Å². The van der Waals surface area contributed by atoms with Gasteiger partial charge in [0.2, 0.25) is 0 Å². The first-order chi connectivity index (χ1) is 13.0. The van der Waals surface area contributed by atoms with E-state index >= 15 is 0 Å². The Labute approximate surface area is 159 Å². The first-order valence-electron chi connectivity index (χ1n) is 9.15. The van der Waals surface area contributed by atoms with Crippen LogP contribution in [0.25, 0.3) is 16.8 Å². The van der Waals surface area contributed by atoms with Crippen molar-refractivity contribution in [3.05, 3.63) is 95.8 Å². The molecule has 3 nitrogen and oxygen atoms in total. The van der Waals surface area contributed by atoms with Crippen LogP contribution in [0, 0.1) is 0 Å². The summed E-state index contributed by atoms with van der Waals surface area (Å²) < 4.78 is 0. The van der Waals surface area contributed by atoms with Gasteiger partial charge in [0.1, 0.15) is 0 Å². The van der Waals surface area contributed by atoms with Crippen molar-refractivity contribution in [3.8, 4) is 11.1 Å². The van der Waals surface area contributed by atoms with E-state index in [4.69, 9.17) is 0 Å². The molecule has 0 fully saturated rings. The third kappa shape index (κ3) is 3.68. The predicted molar refractivity (Wildman–Crippen MR) is 109 cm³/mol. The van der Waals surface area contributed by atoms with Gasteiger partial charge in [-0.25, -0.2) is 0 Å². The number of ketones is 1. The molecular formula is C24H22N2O. The van der Waals surface area contributed by atoms with Crippen molar-refractivity contribution in [2.24, 2.45) is 0 Å². The third-order valence-electron chi connectivity index (χ3n) is 4.83. The van der Waals surface area contributed by atoms with Gasteiger partial charge in [-0.05, 0) is 43.0 Å². The van der Waals surface area contributed by atoms with Gasteiger partial charge < -0.3 is 5.32 Å². The molecule has 1 N–H and O–H groups in total. The van der Waals surface area contributed by atoms with E-state index in [2.05, 4.69) is 48.4 Å². The molecule has 0 amide bonds. The Morgan fingerprint density at radius 2 is 1.85 bits per heavy atom. The summed E-state index contributed by atoms with van der Waals surface area (Å²) in [5, 5.41) is 3.54. The Morgan fingerprint density at radius 3 is 2.59 bits per heavy atom. The van der Waals surface area contributed by atoms with Crippen molar-refractivity contribution in [1.29, 1.82) is 0 Å². The minimum Gasteiger partial charge on any atom is -0.379 e. The number of carbonyl (C=O) groups is 1. The highest BCUT2D eigenvalue weighted by Crippen LogP contribution is 2.33. The maximum atomic E-state index is 12.7. The molecule has 1 aromatic heterocycles. The number of benzene rings is 2. The van der Waals surface area contributed by atoms with E-state index in [1.54, 1.807) is 12.3 Å². The van der Waals surface area contributed by atoms with E-state index in [9.17, 15) is 4.79 Å². The number of aromatic nitrogens is 1. The van der Waals surface area contributed by atoms with Crippen molar-refractivity contribution >= 4 is 11.5 Å². The number of hydrogen-bond acceptors (Lipinski definition) is 3. The molecular weight excluding hydrogens is 332 g/mol. The smallest absolute Gasteiger partial charge is 0.187 e. The summed E-state index contributed by atoms with van der Waals surface area (Å²) in [5.41, 5.74) is 6.04. The Balaban J connectivity index is 1.76. The van der Waals surface area contributed by atoms with Gasteiger partial charge in [-0.2, -0.15) is 0 Å². The van der Waals surface area contributed by atoms with Gasteiger partial charge in [0.05, 0.1) is 0 Å². The SMILES string of the molecule is CC1(C)Cc2cc(-c3cccnc3)ccc2/C(=C/C(=O)c2ccccc2)N1. The molecule has 27 heavy (non-hydrogen) atoms. The predicted octanol–water partition coefficient (Wildman–Crippen LogP) is 4.90. The van der Waals surface area contributed by atoms with E-state index in [1.807, 2.05) is 42.6 Å². The Bertz CT molecular complexity index is 1010. The summed E-state index contributed by atoms with van der Waals surface area (Å²) in [4.78, 5) is 16.9. The van der Waals surface area contributed by atoms with Crippen LogP contribution in [0.4, 0.5) is 0 Å². The third-order valence-corrected chi connectivity index (χ3v) is 4.83. The number of nitrogens with one attached hydrogen (secondary N) is 1. The van der Waals surface area contributed by atoms with Gasteiger partial charge in [0, 0.05) is 40.8 Å². The number of fused-ring (bicyclic) bond motifs is 1. The molecule has 4 rings (SSSR count). The zero-order valence-corrected chi connectivity index (χ0v) is 15.6. The van der Waals surface area contributed by atoms with Crippen LogP contribution >= 0.6 is 0 Å². The van der Waals surface area contributed by atoms with E-state index < -0.39 is 0 Å². The van der Waals surface area contributed by atoms with E-state index in [-0.39, 0.29) is 11.3 Å². The molecule has 3 heteroatoms. The summed E-state index contributed by atoms with van der Waals surface area (Å²) in [6.07, 6.45) is 6.28. The van der Waals surface area contributed by atoms with Crippen molar-refractivity contribution < 1.29 is 4.79 Å². The monoisotopic (exact) mass is 354 g/mol. The summed E-state index contributed by atoms with van der Waals surface area (Å²) in [7, 11) is 0. The van der Waals surface area contributed by atoms with E-state index in [0.29, 0.717) is 5.56 Å². The number of rotatable bonds is 3. The first kappa shape index (κ1) is 17.2. The molecule has 3 aromatic rings. The summed E-state index contributed by atoms with van der Waals surface area (Å²) in [5.74, 6) is 0.0121. The molecule has 134 valence electrons. The van der Waals surface area contributed by atoms with Gasteiger partial charge in [-0.15, -0.1) is 0 Å².